The van der Waals surface area contributed by atoms with Gasteiger partial charge in [-0.2, -0.15) is 0 Å². The lowest BCUT2D eigenvalue weighted by Crippen LogP contribution is -2.30. The summed E-state index contributed by atoms with van der Waals surface area (Å²) >= 11 is 0. The maximum atomic E-state index is 12.8. The van der Waals surface area contributed by atoms with Crippen LogP contribution in [0, 0.1) is 0 Å². The number of rotatable bonds is 53. The van der Waals surface area contributed by atoms with Crippen molar-refractivity contribution in [2.45, 2.75) is 322 Å². The highest BCUT2D eigenvalue weighted by atomic mass is 16.6. The van der Waals surface area contributed by atoms with E-state index in [1.165, 1.54) is 212 Å². The van der Waals surface area contributed by atoms with Crippen LogP contribution in [0.4, 0.5) is 0 Å². The molecule has 0 heterocycles. The highest BCUT2D eigenvalue weighted by molar-refractivity contribution is 5.71. The molecule has 1 unspecified atom stereocenters. The maximum Gasteiger partial charge on any atom is 0.306 e. The number of hydrogen-bond donors (Lipinski definition) is 0. The molecule has 0 aromatic heterocycles. The van der Waals surface area contributed by atoms with Crippen LogP contribution in [0.2, 0.25) is 0 Å². The van der Waals surface area contributed by atoms with Gasteiger partial charge in [0.2, 0.25) is 0 Å². The van der Waals surface area contributed by atoms with Crippen molar-refractivity contribution in [1.29, 1.82) is 0 Å². The number of esters is 3. The second kappa shape index (κ2) is 54.5. The van der Waals surface area contributed by atoms with E-state index in [0.29, 0.717) is 19.3 Å². The van der Waals surface area contributed by atoms with Crippen molar-refractivity contribution in [3.05, 3.63) is 24.3 Å². The molecule has 1 atom stereocenters. The molecule has 6 heteroatoms. The second-order valence-electron chi connectivity index (χ2n) is 19.6. The molecular weight excluding hydrogens is 805 g/mol. The highest BCUT2D eigenvalue weighted by Gasteiger charge is 2.19. The van der Waals surface area contributed by atoms with Crippen LogP contribution in [0.15, 0.2) is 24.3 Å². The van der Waals surface area contributed by atoms with E-state index in [2.05, 4.69) is 45.1 Å². The van der Waals surface area contributed by atoms with Crippen molar-refractivity contribution < 1.29 is 28.6 Å². The Bertz CT molecular complexity index is 1050. The van der Waals surface area contributed by atoms with E-state index in [4.69, 9.17) is 14.2 Å². The number of carbonyl (C=O) groups excluding carboxylic acids is 3. The summed E-state index contributed by atoms with van der Waals surface area (Å²) in [5, 5.41) is 0. The lowest BCUT2D eigenvalue weighted by atomic mass is 10.1. The van der Waals surface area contributed by atoms with E-state index in [-0.39, 0.29) is 31.1 Å². The normalized spacial score (nSPS) is 12.1. The van der Waals surface area contributed by atoms with Crippen LogP contribution < -0.4 is 0 Å². The van der Waals surface area contributed by atoms with Crippen molar-refractivity contribution >= 4 is 17.9 Å². The van der Waals surface area contributed by atoms with Gasteiger partial charge in [0.1, 0.15) is 13.2 Å². The zero-order chi connectivity index (χ0) is 47.2. The van der Waals surface area contributed by atoms with Crippen molar-refractivity contribution in [2.24, 2.45) is 0 Å². The van der Waals surface area contributed by atoms with E-state index in [1.807, 2.05) is 0 Å². The summed E-state index contributed by atoms with van der Waals surface area (Å²) in [6.45, 7) is 6.66. The van der Waals surface area contributed by atoms with Crippen LogP contribution in [-0.2, 0) is 28.6 Å². The van der Waals surface area contributed by atoms with Gasteiger partial charge in [-0.15, -0.1) is 0 Å². The number of hydrogen-bond acceptors (Lipinski definition) is 6. The molecule has 0 bridgehead atoms. The van der Waals surface area contributed by atoms with Crippen LogP contribution in [0.5, 0.6) is 0 Å². The van der Waals surface area contributed by atoms with Crippen molar-refractivity contribution in [3.8, 4) is 0 Å². The second-order valence-corrected chi connectivity index (χ2v) is 19.6. The quantitative estimate of drug-likeness (QED) is 0.0262. The first-order valence-electron chi connectivity index (χ1n) is 28.8. The molecule has 0 aliphatic heterocycles. The predicted octanol–water partition coefficient (Wildman–Crippen LogP) is 19.1. The van der Waals surface area contributed by atoms with Gasteiger partial charge in [0.25, 0.3) is 0 Å². The summed E-state index contributed by atoms with van der Waals surface area (Å²) in [6.07, 6.45) is 63.2. The first kappa shape index (κ1) is 62.9. The monoisotopic (exact) mass is 915 g/mol. The average molecular weight is 916 g/mol. The topological polar surface area (TPSA) is 78.9 Å². The number of ether oxygens (including phenoxy) is 3. The van der Waals surface area contributed by atoms with E-state index in [9.17, 15) is 14.4 Å². The Morgan fingerprint density at radius 1 is 0.292 bits per heavy atom. The number of unbranched alkanes of at least 4 members (excludes halogenated alkanes) is 38. The van der Waals surface area contributed by atoms with E-state index < -0.39 is 6.10 Å². The van der Waals surface area contributed by atoms with Gasteiger partial charge in [0.15, 0.2) is 6.10 Å². The Labute approximate surface area is 404 Å². The molecule has 0 aliphatic rings. The lowest BCUT2D eigenvalue weighted by Gasteiger charge is -2.18. The SMILES string of the molecule is CCCCCCCCCC/C=C\CCCCCCCCCC(=O)OCC(COC(=O)CCCCCCCCCCCC)OC(=O)CCCCCCC/C=C\CCCCCCCCCCC. The average Bonchev–Trinajstić information content (AvgIpc) is 3.30. The molecule has 0 saturated carbocycles. The summed E-state index contributed by atoms with van der Waals surface area (Å²) in [6, 6.07) is 0. The van der Waals surface area contributed by atoms with Crippen LogP contribution in [-0.4, -0.2) is 37.2 Å². The van der Waals surface area contributed by atoms with Gasteiger partial charge in [-0.25, -0.2) is 0 Å². The van der Waals surface area contributed by atoms with Gasteiger partial charge in [-0.3, -0.25) is 14.4 Å². The lowest BCUT2D eigenvalue weighted by molar-refractivity contribution is -0.167. The molecule has 0 fully saturated rings. The van der Waals surface area contributed by atoms with E-state index in [0.717, 1.165) is 64.2 Å². The third kappa shape index (κ3) is 52.7. The van der Waals surface area contributed by atoms with Gasteiger partial charge in [-0.1, -0.05) is 251 Å². The molecule has 0 N–H and O–H groups in total. The van der Waals surface area contributed by atoms with Gasteiger partial charge in [0.05, 0.1) is 0 Å². The highest BCUT2D eigenvalue weighted by Crippen LogP contribution is 2.16. The van der Waals surface area contributed by atoms with Gasteiger partial charge in [0, 0.05) is 19.3 Å². The van der Waals surface area contributed by atoms with Gasteiger partial charge < -0.3 is 14.2 Å². The Hall–Kier alpha value is -2.11. The molecule has 6 nitrogen and oxygen atoms in total. The summed E-state index contributed by atoms with van der Waals surface area (Å²) in [7, 11) is 0. The van der Waals surface area contributed by atoms with E-state index >= 15 is 0 Å². The number of carbonyl (C=O) groups is 3. The summed E-state index contributed by atoms with van der Waals surface area (Å²) in [4.78, 5) is 38.1. The molecule has 382 valence electrons. The molecule has 0 spiro atoms. The summed E-state index contributed by atoms with van der Waals surface area (Å²) in [5.74, 6) is -0.869. The minimum Gasteiger partial charge on any atom is -0.462 e. The molecule has 0 amide bonds. The molecular formula is C59H110O6. The minimum atomic E-state index is -0.773. The van der Waals surface area contributed by atoms with Gasteiger partial charge >= 0.3 is 17.9 Å². The zero-order valence-electron chi connectivity index (χ0n) is 43.8. The first-order chi connectivity index (χ1) is 32.0. The Morgan fingerprint density at radius 2 is 0.508 bits per heavy atom. The maximum absolute atomic E-state index is 12.8. The van der Waals surface area contributed by atoms with Crippen LogP contribution >= 0.6 is 0 Å². The fourth-order valence-electron chi connectivity index (χ4n) is 8.55. The van der Waals surface area contributed by atoms with E-state index in [1.54, 1.807) is 0 Å². The Kier molecular flexibility index (Phi) is 52.7. The van der Waals surface area contributed by atoms with Crippen LogP contribution in [0.25, 0.3) is 0 Å². The largest absolute Gasteiger partial charge is 0.462 e. The Balaban J connectivity index is 4.29. The predicted molar refractivity (Wildman–Crippen MR) is 279 cm³/mol. The fraction of sp³-hybridized carbons (Fsp3) is 0.881. The molecule has 0 aromatic rings. The smallest absolute Gasteiger partial charge is 0.306 e. The summed E-state index contributed by atoms with van der Waals surface area (Å²) in [5.41, 5.74) is 0. The Morgan fingerprint density at radius 3 is 0.769 bits per heavy atom. The summed E-state index contributed by atoms with van der Waals surface area (Å²) < 4.78 is 16.8. The van der Waals surface area contributed by atoms with Crippen LogP contribution in [0.3, 0.4) is 0 Å². The van der Waals surface area contributed by atoms with Crippen LogP contribution in [0.1, 0.15) is 316 Å². The molecule has 65 heavy (non-hydrogen) atoms. The molecule has 0 rings (SSSR count). The third-order valence-corrected chi connectivity index (χ3v) is 12.9. The van der Waals surface area contributed by atoms with Crippen molar-refractivity contribution in [1.82, 2.24) is 0 Å². The first-order valence-corrected chi connectivity index (χ1v) is 28.8. The standard InChI is InChI=1S/C59H110O6/c1-4-7-10-13-16-19-22-24-26-28-30-32-33-35-37-40-43-46-49-52-58(61)64-55-56(54-63-57(60)51-48-45-42-39-21-18-15-12-9-6-3)65-59(62)53-50-47-44-41-38-36-34-31-29-27-25-23-20-17-14-11-8-5-2/h28,30-31,34,56H,4-27,29,32-33,35-55H2,1-3H3/b30-28-,34-31-. The molecule has 0 aliphatic carbocycles. The van der Waals surface area contributed by atoms with Crippen molar-refractivity contribution in [2.75, 3.05) is 13.2 Å². The number of allylic oxidation sites excluding steroid dienone is 4. The van der Waals surface area contributed by atoms with Crippen molar-refractivity contribution in [3.63, 3.8) is 0 Å². The molecule has 0 radical (unpaired) electrons. The molecule has 0 saturated heterocycles. The van der Waals surface area contributed by atoms with Gasteiger partial charge in [-0.05, 0) is 70.6 Å². The zero-order valence-corrected chi connectivity index (χ0v) is 43.8. The molecule has 0 aromatic carbocycles. The third-order valence-electron chi connectivity index (χ3n) is 12.9. The fourth-order valence-corrected chi connectivity index (χ4v) is 8.55. The minimum absolute atomic E-state index is 0.0721.